The molecule has 0 saturated carbocycles. The Balaban J connectivity index is 1.49. The second-order valence-corrected chi connectivity index (χ2v) is 7.04. The van der Waals surface area contributed by atoms with E-state index in [2.05, 4.69) is 20.6 Å². The smallest absolute Gasteiger partial charge is 0.257 e. The number of hydrogen-bond acceptors (Lipinski definition) is 6. The second-order valence-electron chi connectivity index (χ2n) is 6.09. The maximum absolute atomic E-state index is 12.4. The van der Waals surface area contributed by atoms with Crippen LogP contribution in [0.1, 0.15) is 27.3 Å². The van der Waals surface area contributed by atoms with Crippen molar-refractivity contribution in [1.29, 1.82) is 0 Å². The van der Waals surface area contributed by atoms with Gasteiger partial charge in [0.25, 0.3) is 5.91 Å². The average molecular weight is 379 g/mol. The molecule has 0 unspecified atom stereocenters. The predicted octanol–water partition coefficient (Wildman–Crippen LogP) is 3.63. The third-order valence-corrected chi connectivity index (χ3v) is 4.87. The van der Waals surface area contributed by atoms with Crippen LogP contribution in [0.5, 0.6) is 5.75 Å². The number of amides is 1. The molecule has 0 radical (unpaired) electrons. The quantitative estimate of drug-likeness (QED) is 0.573. The number of nitrogens with zero attached hydrogens (tertiary/aromatic N) is 4. The number of anilines is 1. The molecule has 27 heavy (non-hydrogen) atoms. The molecule has 0 atom stereocenters. The minimum atomic E-state index is -0.199. The Bertz CT molecular complexity index is 1100. The normalized spacial score (nSPS) is 10.9. The zero-order valence-corrected chi connectivity index (χ0v) is 15.7. The topological polar surface area (TPSA) is 81.4 Å². The van der Waals surface area contributed by atoms with Gasteiger partial charge in [-0.3, -0.25) is 10.1 Å². The first-order chi connectivity index (χ1) is 13.1. The van der Waals surface area contributed by atoms with Crippen molar-refractivity contribution in [1.82, 2.24) is 19.8 Å². The number of aromatic nitrogens is 4. The van der Waals surface area contributed by atoms with Crippen LogP contribution in [-0.4, -0.2) is 25.7 Å². The van der Waals surface area contributed by atoms with Gasteiger partial charge in [-0.05, 0) is 37.6 Å². The zero-order valence-electron chi connectivity index (χ0n) is 14.8. The van der Waals surface area contributed by atoms with Crippen molar-refractivity contribution in [2.24, 2.45) is 0 Å². The van der Waals surface area contributed by atoms with Crippen LogP contribution < -0.4 is 10.1 Å². The maximum atomic E-state index is 12.4. The highest BCUT2D eigenvalue weighted by Gasteiger charge is 2.15. The summed E-state index contributed by atoms with van der Waals surface area (Å²) in [6.07, 6.45) is 0. The van der Waals surface area contributed by atoms with E-state index in [1.807, 2.05) is 56.3 Å². The Hall–Kier alpha value is -3.26. The molecule has 8 heteroatoms. The van der Waals surface area contributed by atoms with E-state index in [4.69, 9.17) is 4.74 Å². The van der Waals surface area contributed by atoms with Crippen LogP contribution in [0.2, 0.25) is 0 Å². The number of rotatable bonds is 5. The standard InChI is InChI=1S/C19H17N5O2S/c1-12-7-9-14(10-8-12)26-11-16-21-22-19-24(16)23-18(27-19)20-17(25)15-6-4-3-5-13(15)2/h3-10H,11H2,1-2H3,(H,20,23,25). The Morgan fingerprint density at radius 2 is 1.89 bits per heavy atom. The summed E-state index contributed by atoms with van der Waals surface area (Å²) in [5.41, 5.74) is 2.69. The highest BCUT2D eigenvalue weighted by atomic mass is 32.1. The van der Waals surface area contributed by atoms with Crippen LogP contribution in [0.15, 0.2) is 48.5 Å². The molecular formula is C19H17N5O2S. The van der Waals surface area contributed by atoms with Gasteiger partial charge < -0.3 is 4.74 Å². The van der Waals surface area contributed by atoms with Crippen molar-refractivity contribution in [3.8, 4) is 5.75 Å². The summed E-state index contributed by atoms with van der Waals surface area (Å²) in [5, 5.41) is 15.9. The fourth-order valence-corrected chi connectivity index (χ4v) is 3.33. The minimum absolute atomic E-state index is 0.199. The van der Waals surface area contributed by atoms with Crippen molar-refractivity contribution < 1.29 is 9.53 Å². The lowest BCUT2D eigenvalue weighted by Crippen LogP contribution is -2.13. The van der Waals surface area contributed by atoms with Crippen LogP contribution in [-0.2, 0) is 6.61 Å². The third-order valence-electron chi connectivity index (χ3n) is 4.05. The molecule has 4 rings (SSSR count). The van der Waals surface area contributed by atoms with Gasteiger partial charge in [-0.1, -0.05) is 47.2 Å². The number of carbonyl (C=O) groups excluding carboxylic acids is 1. The van der Waals surface area contributed by atoms with Crippen molar-refractivity contribution in [2.45, 2.75) is 20.5 Å². The van der Waals surface area contributed by atoms with Crippen molar-refractivity contribution in [3.05, 3.63) is 71.0 Å². The molecule has 0 aliphatic carbocycles. The second kappa shape index (κ2) is 7.16. The van der Waals surface area contributed by atoms with Crippen LogP contribution >= 0.6 is 11.3 Å². The predicted molar refractivity (Wildman–Crippen MR) is 103 cm³/mol. The number of ether oxygens (including phenoxy) is 1. The summed E-state index contributed by atoms with van der Waals surface area (Å²) in [6.45, 7) is 4.15. The van der Waals surface area contributed by atoms with Crippen molar-refractivity contribution in [3.63, 3.8) is 0 Å². The summed E-state index contributed by atoms with van der Waals surface area (Å²) in [5.74, 6) is 1.12. The molecule has 0 saturated heterocycles. The Kier molecular flexibility index (Phi) is 4.55. The summed E-state index contributed by atoms with van der Waals surface area (Å²) in [7, 11) is 0. The van der Waals surface area contributed by atoms with Gasteiger partial charge in [0.15, 0.2) is 5.82 Å². The van der Waals surface area contributed by atoms with Crippen molar-refractivity contribution in [2.75, 3.05) is 5.32 Å². The monoisotopic (exact) mass is 379 g/mol. The molecule has 1 N–H and O–H groups in total. The summed E-state index contributed by atoms with van der Waals surface area (Å²) in [6, 6.07) is 15.2. The Morgan fingerprint density at radius 1 is 1.11 bits per heavy atom. The molecule has 2 heterocycles. The van der Waals surface area contributed by atoms with Crippen molar-refractivity contribution >= 4 is 27.3 Å². The first kappa shape index (κ1) is 17.2. The molecule has 2 aromatic heterocycles. The summed E-state index contributed by atoms with van der Waals surface area (Å²) in [4.78, 5) is 13.0. The number of nitrogens with one attached hydrogen (secondary N) is 1. The maximum Gasteiger partial charge on any atom is 0.257 e. The number of benzene rings is 2. The lowest BCUT2D eigenvalue weighted by Gasteiger charge is -2.05. The molecule has 1 amide bonds. The fourth-order valence-electron chi connectivity index (χ4n) is 2.57. The van der Waals surface area contributed by atoms with E-state index in [9.17, 15) is 4.79 Å². The summed E-state index contributed by atoms with van der Waals surface area (Å²) < 4.78 is 7.33. The largest absolute Gasteiger partial charge is 0.486 e. The van der Waals surface area contributed by atoms with Crippen LogP contribution in [0.4, 0.5) is 5.13 Å². The van der Waals surface area contributed by atoms with Gasteiger partial charge in [-0.15, -0.1) is 15.3 Å². The van der Waals surface area contributed by atoms with Gasteiger partial charge in [-0.2, -0.15) is 4.52 Å². The lowest BCUT2D eigenvalue weighted by atomic mass is 10.1. The highest BCUT2D eigenvalue weighted by Crippen LogP contribution is 2.21. The van der Waals surface area contributed by atoms with Gasteiger partial charge in [0, 0.05) is 5.56 Å². The molecule has 0 spiro atoms. The van der Waals surface area contributed by atoms with E-state index < -0.39 is 0 Å². The van der Waals surface area contributed by atoms with Gasteiger partial charge in [0.1, 0.15) is 12.4 Å². The third kappa shape index (κ3) is 3.65. The Morgan fingerprint density at radius 3 is 2.67 bits per heavy atom. The molecule has 0 aliphatic heterocycles. The summed E-state index contributed by atoms with van der Waals surface area (Å²) >= 11 is 1.26. The fraction of sp³-hybridized carbons (Fsp3) is 0.158. The molecule has 0 bridgehead atoms. The van der Waals surface area contributed by atoms with Gasteiger partial charge in [-0.25, -0.2) is 0 Å². The van der Waals surface area contributed by atoms with E-state index in [0.717, 1.165) is 11.3 Å². The number of aryl methyl sites for hydroxylation is 2. The lowest BCUT2D eigenvalue weighted by molar-refractivity contribution is 0.102. The number of fused-ring (bicyclic) bond motifs is 1. The van der Waals surface area contributed by atoms with E-state index in [1.165, 1.54) is 16.9 Å². The van der Waals surface area contributed by atoms with Gasteiger partial charge in [0.2, 0.25) is 10.1 Å². The van der Waals surface area contributed by atoms with E-state index in [0.29, 0.717) is 21.5 Å². The Labute approximate surface area is 159 Å². The SMILES string of the molecule is Cc1ccc(OCc2nnc3sc(NC(=O)c4ccccc4C)nn23)cc1. The van der Waals surface area contributed by atoms with E-state index in [1.54, 1.807) is 10.6 Å². The zero-order chi connectivity index (χ0) is 18.8. The van der Waals surface area contributed by atoms with Gasteiger partial charge in [0.05, 0.1) is 0 Å². The van der Waals surface area contributed by atoms with Gasteiger partial charge >= 0.3 is 0 Å². The molecule has 7 nitrogen and oxygen atoms in total. The molecule has 0 aliphatic rings. The number of carbonyl (C=O) groups is 1. The number of hydrogen-bond donors (Lipinski definition) is 1. The highest BCUT2D eigenvalue weighted by molar-refractivity contribution is 7.20. The molecule has 136 valence electrons. The molecule has 0 fully saturated rings. The molecular weight excluding hydrogens is 362 g/mol. The van der Waals surface area contributed by atoms with Crippen LogP contribution in [0.3, 0.4) is 0 Å². The molecule has 2 aromatic carbocycles. The first-order valence-corrected chi connectivity index (χ1v) is 9.19. The van der Waals surface area contributed by atoms with Crippen LogP contribution in [0.25, 0.3) is 4.96 Å². The van der Waals surface area contributed by atoms with E-state index >= 15 is 0 Å². The first-order valence-electron chi connectivity index (χ1n) is 8.38. The average Bonchev–Trinajstić information content (AvgIpc) is 3.22. The van der Waals surface area contributed by atoms with E-state index in [-0.39, 0.29) is 12.5 Å². The minimum Gasteiger partial charge on any atom is -0.486 e. The molecule has 4 aromatic rings. The van der Waals surface area contributed by atoms with Crippen LogP contribution in [0, 0.1) is 13.8 Å².